The average molecular weight is 222 g/mol. The van der Waals surface area contributed by atoms with Crippen molar-refractivity contribution in [2.24, 2.45) is 11.8 Å². The number of hydrazine groups is 1. The van der Waals surface area contributed by atoms with Crippen molar-refractivity contribution in [2.45, 2.75) is 13.8 Å². The third-order valence-electron chi connectivity index (χ3n) is 2.16. The van der Waals surface area contributed by atoms with Gasteiger partial charge in [0.15, 0.2) is 5.82 Å². The number of nitrogens with one attached hydrogen (secondary N) is 1. The quantitative estimate of drug-likeness (QED) is 0.591. The smallest absolute Gasteiger partial charge is 0.257 e. The van der Waals surface area contributed by atoms with E-state index in [0.717, 1.165) is 0 Å². The number of carbonyl (C=O) groups is 1. The standard InChI is InChI=1S/C11H18N4O/c1-8(2)7-15(3)11(16)9-5-4-6-13-10(9)14-12/h4-6,8H,7,12H2,1-3H3,(H,13,14). The van der Waals surface area contributed by atoms with Gasteiger partial charge in [-0.15, -0.1) is 0 Å². The lowest BCUT2D eigenvalue weighted by Crippen LogP contribution is -2.31. The van der Waals surface area contributed by atoms with E-state index in [1.54, 1.807) is 30.3 Å². The fraction of sp³-hybridized carbons (Fsp3) is 0.455. The van der Waals surface area contributed by atoms with Crippen LogP contribution in [-0.4, -0.2) is 29.4 Å². The van der Waals surface area contributed by atoms with E-state index in [2.05, 4.69) is 24.3 Å². The molecule has 3 N–H and O–H groups in total. The second-order valence-electron chi connectivity index (χ2n) is 4.12. The minimum atomic E-state index is -0.0743. The van der Waals surface area contributed by atoms with Crippen LogP contribution in [0.25, 0.3) is 0 Å². The number of aromatic nitrogens is 1. The van der Waals surface area contributed by atoms with E-state index in [0.29, 0.717) is 23.8 Å². The normalized spacial score (nSPS) is 10.3. The molecule has 0 fully saturated rings. The maximum absolute atomic E-state index is 12.1. The molecule has 0 bridgehead atoms. The molecule has 0 saturated carbocycles. The van der Waals surface area contributed by atoms with Gasteiger partial charge in [0.1, 0.15) is 0 Å². The van der Waals surface area contributed by atoms with Crippen molar-refractivity contribution in [1.29, 1.82) is 0 Å². The van der Waals surface area contributed by atoms with Crippen LogP contribution >= 0.6 is 0 Å². The Kier molecular flexibility index (Phi) is 4.25. The number of hydrogen-bond acceptors (Lipinski definition) is 4. The van der Waals surface area contributed by atoms with E-state index in [1.165, 1.54) is 0 Å². The molecule has 1 rings (SSSR count). The summed E-state index contributed by atoms with van der Waals surface area (Å²) in [6.07, 6.45) is 1.59. The molecule has 0 spiro atoms. The molecule has 1 heterocycles. The number of pyridine rings is 1. The highest BCUT2D eigenvalue weighted by Gasteiger charge is 2.16. The molecule has 0 unspecified atom stereocenters. The Morgan fingerprint density at radius 3 is 2.88 bits per heavy atom. The van der Waals surface area contributed by atoms with Gasteiger partial charge in [0.25, 0.3) is 5.91 Å². The molecule has 0 aliphatic rings. The zero-order chi connectivity index (χ0) is 12.1. The highest BCUT2D eigenvalue weighted by atomic mass is 16.2. The van der Waals surface area contributed by atoms with Gasteiger partial charge in [-0.2, -0.15) is 0 Å². The van der Waals surface area contributed by atoms with Gasteiger partial charge in [0.05, 0.1) is 5.56 Å². The number of rotatable bonds is 4. The fourth-order valence-corrected chi connectivity index (χ4v) is 1.53. The number of nitrogens with zero attached hydrogens (tertiary/aromatic N) is 2. The Morgan fingerprint density at radius 2 is 2.31 bits per heavy atom. The van der Waals surface area contributed by atoms with Gasteiger partial charge in [-0.25, -0.2) is 10.8 Å². The summed E-state index contributed by atoms with van der Waals surface area (Å²) in [5.41, 5.74) is 2.92. The van der Waals surface area contributed by atoms with Crippen molar-refractivity contribution < 1.29 is 4.79 Å². The van der Waals surface area contributed by atoms with Crippen LogP contribution in [0.3, 0.4) is 0 Å². The second-order valence-corrected chi connectivity index (χ2v) is 4.12. The molecule has 0 aromatic carbocycles. The first-order valence-electron chi connectivity index (χ1n) is 5.23. The number of carbonyl (C=O) groups excluding carboxylic acids is 1. The number of amides is 1. The van der Waals surface area contributed by atoms with Crippen LogP contribution in [0, 0.1) is 5.92 Å². The van der Waals surface area contributed by atoms with E-state index < -0.39 is 0 Å². The molecule has 16 heavy (non-hydrogen) atoms. The molecule has 5 nitrogen and oxygen atoms in total. The molecular weight excluding hydrogens is 204 g/mol. The van der Waals surface area contributed by atoms with Crippen LogP contribution in [-0.2, 0) is 0 Å². The molecule has 1 aromatic rings. The highest BCUT2D eigenvalue weighted by Crippen LogP contribution is 2.13. The van der Waals surface area contributed by atoms with Gasteiger partial charge < -0.3 is 10.3 Å². The predicted octanol–water partition coefficient (Wildman–Crippen LogP) is 1.10. The van der Waals surface area contributed by atoms with E-state index in [-0.39, 0.29) is 5.91 Å². The minimum Gasteiger partial charge on any atom is -0.341 e. The molecule has 88 valence electrons. The third-order valence-corrected chi connectivity index (χ3v) is 2.16. The van der Waals surface area contributed by atoms with E-state index in [9.17, 15) is 4.79 Å². The van der Waals surface area contributed by atoms with Crippen molar-refractivity contribution in [3.63, 3.8) is 0 Å². The minimum absolute atomic E-state index is 0.0743. The Hall–Kier alpha value is -1.62. The van der Waals surface area contributed by atoms with E-state index >= 15 is 0 Å². The van der Waals surface area contributed by atoms with Gasteiger partial charge in [0.2, 0.25) is 0 Å². The summed E-state index contributed by atoms with van der Waals surface area (Å²) < 4.78 is 0. The summed E-state index contributed by atoms with van der Waals surface area (Å²) in [5.74, 6) is 6.07. The maximum Gasteiger partial charge on any atom is 0.257 e. The van der Waals surface area contributed by atoms with Crippen LogP contribution in [0.15, 0.2) is 18.3 Å². The second kappa shape index (κ2) is 5.46. The summed E-state index contributed by atoms with van der Waals surface area (Å²) in [4.78, 5) is 17.7. The van der Waals surface area contributed by atoms with Crippen LogP contribution in [0.2, 0.25) is 0 Å². The molecule has 5 heteroatoms. The van der Waals surface area contributed by atoms with E-state index in [1.807, 2.05) is 0 Å². The fourth-order valence-electron chi connectivity index (χ4n) is 1.53. The van der Waals surface area contributed by atoms with Gasteiger partial charge in [-0.1, -0.05) is 13.8 Å². The molecule has 1 aromatic heterocycles. The Labute approximate surface area is 95.6 Å². The molecule has 0 aliphatic carbocycles. The molecule has 0 aliphatic heterocycles. The molecule has 1 amide bonds. The highest BCUT2D eigenvalue weighted by molar-refractivity contribution is 5.98. The van der Waals surface area contributed by atoms with Crippen molar-refractivity contribution in [2.75, 3.05) is 19.0 Å². The van der Waals surface area contributed by atoms with Gasteiger partial charge >= 0.3 is 0 Å². The van der Waals surface area contributed by atoms with E-state index in [4.69, 9.17) is 5.84 Å². The van der Waals surface area contributed by atoms with Gasteiger partial charge in [0, 0.05) is 19.8 Å². The summed E-state index contributed by atoms with van der Waals surface area (Å²) in [6.45, 7) is 4.84. The van der Waals surface area contributed by atoms with Crippen molar-refractivity contribution in [3.05, 3.63) is 23.9 Å². The van der Waals surface area contributed by atoms with Gasteiger partial charge in [-0.05, 0) is 18.1 Å². The lowest BCUT2D eigenvalue weighted by molar-refractivity contribution is 0.0779. The average Bonchev–Trinajstić information content (AvgIpc) is 2.27. The first-order valence-corrected chi connectivity index (χ1v) is 5.23. The van der Waals surface area contributed by atoms with Crippen molar-refractivity contribution >= 4 is 11.7 Å². The third kappa shape index (κ3) is 2.93. The van der Waals surface area contributed by atoms with Crippen LogP contribution < -0.4 is 11.3 Å². The first-order chi connectivity index (χ1) is 7.56. The predicted molar refractivity (Wildman–Crippen MR) is 63.8 cm³/mol. The van der Waals surface area contributed by atoms with Crippen molar-refractivity contribution in [3.8, 4) is 0 Å². The number of anilines is 1. The monoisotopic (exact) mass is 222 g/mol. The zero-order valence-corrected chi connectivity index (χ0v) is 9.90. The number of hydrogen-bond donors (Lipinski definition) is 2. The van der Waals surface area contributed by atoms with Crippen LogP contribution in [0.1, 0.15) is 24.2 Å². The molecular formula is C11H18N4O. The number of nitrogens with two attached hydrogens (primary N) is 1. The molecule has 0 radical (unpaired) electrons. The molecule has 0 saturated heterocycles. The van der Waals surface area contributed by atoms with Gasteiger partial charge in [-0.3, -0.25) is 4.79 Å². The first kappa shape index (κ1) is 12.4. The Balaban J connectivity index is 2.87. The Bertz CT molecular complexity index is 365. The zero-order valence-electron chi connectivity index (χ0n) is 9.90. The lowest BCUT2D eigenvalue weighted by atomic mass is 10.2. The maximum atomic E-state index is 12.1. The number of nitrogen functional groups attached to an aromatic ring is 1. The van der Waals surface area contributed by atoms with Crippen molar-refractivity contribution in [1.82, 2.24) is 9.88 Å². The summed E-state index contributed by atoms with van der Waals surface area (Å²) in [7, 11) is 1.77. The molecule has 0 atom stereocenters. The van der Waals surface area contributed by atoms with Crippen LogP contribution in [0.5, 0.6) is 0 Å². The Morgan fingerprint density at radius 1 is 1.62 bits per heavy atom. The SMILES string of the molecule is CC(C)CN(C)C(=O)c1cccnc1NN. The topological polar surface area (TPSA) is 71.2 Å². The summed E-state index contributed by atoms with van der Waals surface area (Å²) >= 11 is 0. The largest absolute Gasteiger partial charge is 0.341 e. The summed E-state index contributed by atoms with van der Waals surface area (Å²) in [6, 6.07) is 3.43. The lowest BCUT2D eigenvalue weighted by Gasteiger charge is -2.20. The van der Waals surface area contributed by atoms with Crippen LogP contribution in [0.4, 0.5) is 5.82 Å². The summed E-state index contributed by atoms with van der Waals surface area (Å²) in [5, 5.41) is 0.